The highest BCUT2D eigenvalue weighted by Gasteiger charge is 2.45. The number of nitrogens with zero attached hydrogens (tertiary/aromatic N) is 3. The van der Waals surface area contributed by atoms with E-state index < -0.39 is 29.0 Å². The molecule has 2 amide bonds. The zero-order chi connectivity index (χ0) is 25.7. The SMILES string of the molecule is CC(=O)N1CCC(Nc2cc(-n3nc(C(F)(F)F)c4c3CC(C)(C)CC4=O)ccc2C(N)=O)CC1. The number of likely N-dealkylation sites (tertiary alicyclic amines) is 1. The number of aromatic nitrogens is 2. The van der Waals surface area contributed by atoms with E-state index in [1.807, 2.05) is 13.8 Å². The van der Waals surface area contributed by atoms with E-state index in [1.54, 1.807) is 4.90 Å². The molecule has 2 aromatic rings. The number of nitrogens with one attached hydrogen (secondary N) is 1. The van der Waals surface area contributed by atoms with Crippen LogP contribution in [0.3, 0.4) is 0 Å². The lowest BCUT2D eigenvalue weighted by Gasteiger charge is -2.32. The van der Waals surface area contributed by atoms with E-state index >= 15 is 0 Å². The molecule has 2 heterocycles. The number of Topliss-reactive ketones (excluding diaryl/α,β-unsaturated/α-hetero) is 1. The Hall–Kier alpha value is -3.37. The summed E-state index contributed by atoms with van der Waals surface area (Å²) >= 11 is 0. The maximum atomic E-state index is 13.8. The van der Waals surface area contributed by atoms with Gasteiger partial charge in [-0.05, 0) is 42.9 Å². The fourth-order valence-electron chi connectivity index (χ4n) is 4.92. The molecule has 1 aliphatic carbocycles. The number of anilines is 1. The summed E-state index contributed by atoms with van der Waals surface area (Å²) < 4.78 is 42.5. The summed E-state index contributed by atoms with van der Waals surface area (Å²) in [6, 6.07) is 4.40. The Morgan fingerprint density at radius 1 is 1.17 bits per heavy atom. The summed E-state index contributed by atoms with van der Waals surface area (Å²) in [5.74, 6) is -1.28. The van der Waals surface area contributed by atoms with Gasteiger partial charge in [0.2, 0.25) is 5.91 Å². The molecule has 0 atom stereocenters. The van der Waals surface area contributed by atoms with Crippen LogP contribution >= 0.6 is 0 Å². The molecule has 0 spiro atoms. The van der Waals surface area contributed by atoms with Crippen LogP contribution in [-0.2, 0) is 17.4 Å². The van der Waals surface area contributed by atoms with Gasteiger partial charge >= 0.3 is 6.18 Å². The van der Waals surface area contributed by atoms with Crippen molar-refractivity contribution in [3.8, 4) is 5.69 Å². The molecule has 3 N–H and O–H groups in total. The number of ketones is 1. The number of alkyl halides is 3. The van der Waals surface area contributed by atoms with Crippen molar-refractivity contribution in [3.63, 3.8) is 0 Å². The molecule has 0 bridgehead atoms. The predicted octanol–water partition coefficient (Wildman–Crippen LogP) is 3.57. The summed E-state index contributed by atoms with van der Waals surface area (Å²) in [5.41, 5.74) is 4.49. The van der Waals surface area contributed by atoms with Gasteiger partial charge in [-0.2, -0.15) is 18.3 Å². The Morgan fingerprint density at radius 3 is 2.40 bits per heavy atom. The molecule has 0 radical (unpaired) electrons. The number of benzene rings is 1. The van der Waals surface area contributed by atoms with Crippen molar-refractivity contribution < 1.29 is 27.6 Å². The van der Waals surface area contributed by atoms with Gasteiger partial charge in [0.05, 0.1) is 22.5 Å². The maximum absolute atomic E-state index is 13.8. The van der Waals surface area contributed by atoms with E-state index in [4.69, 9.17) is 5.73 Å². The number of piperidine rings is 1. The zero-order valence-electron chi connectivity index (χ0n) is 19.8. The van der Waals surface area contributed by atoms with Crippen LogP contribution in [0.5, 0.6) is 0 Å². The largest absolute Gasteiger partial charge is 0.435 e. The van der Waals surface area contributed by atoms with Crippen LogP contribution < -0.4 is 11.1 Å². The third kappa shape index (κ3) is 4.89. The molecule has 0 unspecified atom stereocenters. The Kier molecular flexibility index (Phi) is 6.14. The number of halogens is 3. The second-order valence-electron chi connectivity index (χ2n) is 10.0. The number of nitrogens with two attached hydrogens (primary N) is 1. The van der Waals surface area contributed by atoms with E-state index in [9.17, 15) is 27.6 Å². The van der Waals surface area contributed by atoms with Crippen LogP contribution in [0.25, 0.3) is 5.69 Å². The minimum absolute atomic E-state index is 0.00114. The van der Waals surface area contributed by atoms with Crippen LogP contribution in [0.2, 0.25) is 0 Å². The van der Waals surface area contributed by atoms with Gasteiger partial charge < -0.3 is 16.0 Å². The van der Waals surface area contributed by atoms with Gasteiger partial charge in [0, 0.05) is 38.2 Å². The molecule has 0 saturated carbocycles. The minimum Gasteiger partial charge on any atom is -0.381 e. The highest BCUT2D eigenvalue weighted by molar-refractivity contribution is 6.00. The Balaban J connectivity index is 1.75. The first-order chi connectivity index (χ1) is 16.3. The highest BCUT2D eigenvalue weighted by Crippen LogP contribution is 2.42. The molecule has 1 saturated heterocycles. The lowest BCUT2D eigenvalue weighted by atomic mass is 9.75. The minimum atomic E-state index is -4.79. The fourth-order valence-corrected chi connectivity index (χ4v) is 4.92. The van der Waals surface area contributed by atoms with Gasteiger partial charge in [0.15, 0.2) is 11.5 Å². The molecular weight excluding hydrogens is 463 g/mol. The zero-order valence-corrected chi connectivity index (χ0v) is 19.8. The number of amides is 2. The first-order valence-electron chi connectivity index (χ1n) is 11.5. The summed E-state index contributed by atoms with van der Waals surface area (Å²) in [5, 5.41) is 7.10. The van der Waals surface area contributed by atoms with Crippen molar-refractivity contribution in [2.24, 2.45) is 11.1 Å². The summed E-state index contributed by atoms with van der Waals surface area (Å²) in [7, 11) is 0. The fraction of sp³-hybridized carbons (Fsp3) is 0.500. The second-order valence-corrected chi connectivity index (χ2v) is 10.0. The Labute approximate surface area is 200 Å². The molecule has 1 aromatic heterocycles. The number of hydrogen-bond donors (Lipinski definition) is 2. The van der Waals surface area contributed by atoms with E-state index in [0.717, 1.165) is 4.68 Å². The number of primary amides is 1. The maximum Gasteiger partial charge on any atom is 0.435 e. The van der Waals surface area contributed by atoms with E-state index in [1.165, 1.54) is 25.1 Å². The first-order valence-corrected chi connectivity index (χ1v) is 11.5. The summed E-state index contributed by atoms with van der Waals surface area (Å²) in [6.45, 7) is 6.27. The molecule has 2 aliphatic rings. The number of carbonyl (C=O) groups is 3. The molecule has 4 rings (SSSR count). The molecule has 188 valence electrons. The van der Waals surface area contributed by atoms with Crippen molar-refractivity contribution in [1.29, 1.82) is 0 Å². The smallest absolute Gasteiger partial charge is 0.381 e. The third-order valence-corrected chi connectivity index (χ3v) is 6.63. The van der Waals surface area contributed by atoms with Gasteiger partial charge in [-0.25, -0.2) is 4.68 Å². The average molecular weight is 492 g/mol. The third-order valence-electron chi connectivity index (χ3n) is 6.63. The predicted molar refractivity (Wildman–Crippen MR) is 122 cm³/mol. The van der Waals surface area contributed by atoms with Gasteiger partial charge in [-0.1, -0.05) is 13.8 Å². The molecule has 11 heteroatoms. The number of hydrogen-bond acceptors (Lipinski definition) is 5. The molecule has 1 fully saturated rings. The molecule has 1 aromatic carbocycles. The lowest BCUT2D eigenvalue weighted by Crippen LogP contribution is -2.41. The van der Waals surface area contributed by atoms with Crippen molar-refractivity contribution in [2.75, 3.05) is 18.4 Å². The molecule has 1 aliphatic heterocycles. The van der Waals surface area contributed by atoms with Crippen molar-refractivity contribution in [1.82, 2.24) is 14.7 Å². The molecular formula is C24H28F3N5O3. The summed E-state index contributed by atoms with van der Waals surface area (Å²) in [4.78, 5) is 38.1. The van der Waals surface area contributed by atoms with Crippen LogP contribution in [-0.4, -0.2) is 51.4 Å². The normalized spacial score (nSPS) is 18.3. The molecule has 8 nitrogen and oxygen atoms in total. The number of carbonyl (C=O) groups excluding carboxylic acids is 3. The first kappa shape index (κ1) is 24.7. The van der Waals surface area contributed by atoms with Crippen molar-refractivity contribution in [3.05, 3.63) is 40.7 Å². The van der Waals surface area contributed by atoms with E-state index in [0.29, 0.717) is 31.6 Å². The van der Waals surface area contributed by atoms with E-state index in [-0.39, 0.29) is 47.3 Å². The van der Waals surface area contributed by atoms with Gasteiger partial charge in [0.1, 0.15) is 0 Å². The summed E-state index contributed by atoms with van der Waals surface area (Å²) in [6.07, 6.45) is -3.27. The molecule has 35 heavy (non-hydrogen) atoms. The number of fused-ring (bicyclic) bond motifs is 1. The van der Waals surface area contributed by atoms with Crippen LogP contribution in [0, 0.1) is 5.41 Å². The Morgan fingerprint density at radius 2 is 1.83 bits per heavy atom. The van der Waals surface area contributed by atoms with Gasteiger partial charge in [0.25, 0.3) is 5.91 Å². The second kappa shape index (κ2) is 8.69. The monoisotopic (exact) mass is 491 g/mol. The van der Waals surface area contributed by atoms with Gasteiger partial charge in [-0.3, -0.25) is 14.4 Å². The Bertz CT molecular complexity index is 1190. The van der Waals surface area contributed by atoms with Crippen LogP contribution in [0.1, 0.15) is 72.1 Å². The number of rotatable bonds is 4. The van der Waals surface area contributed by atoms with E-state index in [2.05, 4.69) is 10.4 Å². The standard InChI is InChI=1S/C24H28F3N5O3/c1-13(33)31-8-6-14(7-9-31)29-17-10-15(4-5-16(17)22(28)35)32-18-11-23(2,3)12-19(34)20(18)21(30-32)24(25,26)27/h4-5,10,14,29H,6-9,11-12H2,1-3H3,(H2,28,35). The van der Waals surface area contributed by atoms with Gasteiger partial charge in [-0.15, -0.1) is 0 Å². The van der Waals surface area contributed by atoms with Crippen LogP contribution in [0.15, 0.2) is 18.2 Å². The van der Waals surface area contributed by atoms with Crippen molar-refractivity contribution >= 4 is 23.3 Å². The average Bonchev–Trinajstić information content (AvgIpc) is 3.13. The van der Waals surface area contributed by atoms with Crippen LogP contribution in [0.4, 0.5) is 18.9 Å². The van der Waals surface area contributed by atoms with Crippen molar-refractivity contribution in [2.45, 2.75) is 58.7 Å². The highest BCUT2D eigenvalue weighted by atomic mass is 19.4. The lowest BCUT2D eigenvalue weighted by molar-refractivity contribution is -0.141. The topological polar surface area (TPSA) is 110 Å². The quantitative estimate of drug-likeness (QED) is 0.680.